The van der Waals surface area contributed by atoms with Crippen molar-refractivity contribution in [3.63, 3.8) is 0 Å². The first-order chi connectivity index (χ1) is 16.9. The predicted molar refractivity (Wildman–Crippen MR) is 140 cm³/mol. The molecule has 0 radical (unpaired) electrons. The van der Waals surface area contributed by atoms with Gasteiger partial charge in [0, 0.05) is 26.4 Å². The summed E-state index contributed by atoms with van der Waals surface area (Å²) in [5, 5.41) is 0. The first kappa shape index (κ1) is 22.9. The number of aromatic nitrogens is 2. The molecule has 2 heterocycles. The highest BCUT2D eigenvalue weighted by atomic mass is 16.5. The molecule has 1 N–H and O–H groups in total. The van der Waals surface area contributed by atoms with Crippen LogP contribution >= 0.6 is 0 Å². The molecule has 0 spiro atoms. The Labute approximate surface area is 206 Å². The molecule has 1 aliphatic heterocycles. The van der Waals surface area contributed by atoms with Gasteiger partial charge in [-0.3, -0.25) is 4.79 Å². The van der Waals surface area contributed by atoms with Gasteiger partial charge < -0.3 is 14.6 Å². The Kier molecular flexibility index (Phi) is 6.41. The molecule has 178 valence electrons. The monoisotopic (exact) mass is 465 g/mol. The van der Waals surface area contributed by atoms with E-state index in [2.05, 4.69) is 77.6 Å². The number of aromatic amines is 1. The zero-order chi connectivity index (χ0) is 24.4. The number of H-pyrrole nitrogens is 1. The van der Waals surface area contributed by atoms with Crippen molar-refractivity contribution >= 4 is 16.9 Å². The minimum Gasteiger partial charge on any atom is -0.493 e. The van der Waals surface area contributed by atoms with E-state index >= 15 is 0 Å². The summed E-state index contributed by atoms with van der Waals surface area (Å²) >= 11 is 0. The molecule has 35 heavy (non-hydrogen) atoms. The molecule has 0 unspecified atom stereocenters. The van der Waals surface area contributed by atoms with E-state index < -0.39 is 0 Å². The van der Waals surface area contributed by atoms with Crippen LogP contribution < -0.4 is 4.74 Å². The molecule has 0 fully saturated rings. The Bertz CT molecular complexity index is 1420. The Morgan fingerprint density at radius 3 is 2.74 bits per heavy atom. The molecule has 3 aromatic carbocycles. The first-order valence-electron chi connectivity index (χ1n) is 12.1. The second-order valence-electron chi connectivity index (χ2n) is 9.46. The summed E-state index contributed by atoms with van der Waals surface area (Å²) < 4.78 is 6.09. The second kappa shape index (κ2) is 9.79. The summed E-state index contributed by atoms with van der Waals surface area (Å²) in [6.07, 6.45) is 4.15. The second-order valence-corrected chi connectivity index (χ2v) is 9.46. The van der Waals surface area contributed by atoms with E-state index in [-0.39, 0.29) is 5.91 Å². The van der Waals surface area contributed by atoms with Crippen molar-refractivity contribution in [3.8, 4) is 16.9 Å². The lowest BCUT2D eigenvalue weighted by atomic mass is 9.98. The standard InChI is InChI=1S/C30H31N3O2/c1-20-5-4-6-23(15-20)19-33(3)30(34)16-22-7-8-26-17-24(10-12-29(26)35-14-13-22)25-9-11-27-28(18-25)32-21(2)31-27/h4-7,9-12,15,17-18H,8,13-14,16,19H2,1-3H3,(H,31,32)/b22-7+. The number of benzene rings is 3. The van der Waals surface area contributed by atoms with Crippen molar-refractivity contribution in [2.75, 3.05) is 13.7 Å². The van der Waals surface area contributed by atoms with Crippen molar-refractivity contribution < 1.29 is 9.53 Å². The van der Waals surface area contributed by atoms with Gasteiger partial charge in [-0.25, -0.2) is 4.98 Å². The predicted octanol–water partition coefficient (Wildman–Crippen LogP) is 6.15. The lowest BCUT2D eigenvalue weighted by Crippen LogP contribution is -2.26. The average molecular weight is 466 g/mol. The maximum absolute atomic E-state index is 12.9. The van der Waals surface area contributed by atoms with Crippen LogP contribution in [0.4, 0.5) is 0 Å². The molecule has 5 heteroatoms. The van der Waals surface area contributed by atoms with Gasteiger partial charge in [0.15, 0.2) is 0 Å². The van der Waals surface area contributed by atoms with Crippen LogP contribution in [0.3, 0.4) is 0 Å². The van der Waals surface area contributed by atoms with E-state index in [9.17, 15) is 4.79 Å². The highest BCUT2D eigenvalue weighted by Crippen LogP contribution is 2.31. The van der Waals surface area contributed by atoms with Crippen LogP contribution in [0.15, 0.2) is 72.3 Å². The third kappa shape index (κ3) is 5.29. The Morgan fingerprint density at radius 2 is 1.89 bits per heavy atom. The van der Waals surface area contributed by atoms with Crippen molar-refractivity contribution in [3.05, 3.63) is 94.8 Å². The lowest BCUT2D eigenvalue weighted by Gasteiger charge is -2.20. The fraction of sp³-hybridized carbons (Fsp3) is 0.267. The van der Waals surface area contributed by atoms with E-state index in [0.717, 1.165) is 63.3 Å². The number of nitrogens with zero attached hydrogens (tertiary/aromatic N) is 2. The summed E-state index contributed by atoms with van der Waals surface area (Å²) in [4.78, 5) is 22.6. The third-order valence-corrected chi connectivity index (χ3v) is 6.59. The number of aryl methyl sites for hydroxylation is 2. The van der Waals surface area contributed by atoms with Crippen LogP contribution in [0.5, 0.6) is 5.75 Å². The minimum atomic E-state index is 0.135. The zero-order valence-electron chi connectivity index (χ0n) is 20.6. The highest BCUT2D eigenvalue weighted by molar-refractivity contribution is 5.82. The fourth-order valence-corrected chi connectivity index (χ4v) is 4.69. The largest absolute Gasteiger partial charge is 0.493 e. The van der Waals surface area contributed by atoms with Crippen LogP contribution in [0.2, 0.25) is 0 Å². The van der Waals surface area contributed by atoms with Crippen molar-refractivity contribution in [1.82, 2.24) is 14.9 Å². The topological polar surface area (TPSA) is 58.2 Å². The van der Waals surface area contributed by atoms with Crippen molar-refractivity contribution in [2.24, 2.45) is 0 Å². The molecule has 0 aliphatic carbocycles. The maximum atomic E-state index is 12.9. The van der Waals surface area contributed by atoms with E-state index in [1.807, 2.05) is 24.9 Å². The normalized spacial score (nSPS) is 14.9. The number of rotatable bonds is 5. The summed E-state index contributed by atoms with van der Waals surface area (Å²) in [6, 6.07) is 21.0. The molecule has 5 nitrogen and oxygen atoms in total. The fourth-order valence-electron chi connectivity index (χ4n) is 4.69. The molecule has 1 aromatic heterocycles. The summed E-state index contributed by atoms with van der Waals surface area (Å²) in [5.74, 6) is 1.97. The van der Waals surface area contributed by atoms with E-state index in [1.165, 1.54) is 5.56 Å². The third-order valence-electron chi connectivity index (χ3n) is 6.59. The van der Waals surface area contributed by atoms with Gasteiger partial charge in [-0.05, 0) is 66.8 Å². The molecule has 5 rings (SSSR count). The van der Waals surface area contributed by atoms with Gasteiger partial charge in [-0.2, -0.15) is 0 Å². The molecular weight excluding hydrogens is 434 g/mol. The van der Waals surface area contributed by atoms with E-state index in [1.54, 1.807) is 0 Å². The summed E-state index contributed by atoms with van der Waals surface area (Å²) in [7, 11) is 1.88. The van der Waals surface area contributed by atoms with E-state index in [0.29, 0.717) is 19.6 Å². The smallest absolute Gasteiger partial charge is 0.226 e. The minimum absolute atomic E-state index is 0.135. The SMILES string of the molecule is Cc1cccc(CN(C)C(=O)C/C2=C/Cc3cc(-c4ccc5nc(C)[nH]c5c4)ccc3OCC2)c1. The van der Waals surface area contributed by atoms with Crippen LogP contribution in [0.1, 0.15) is 35.4 Å². The number of hydrogen-bond acceptors (Lipinski definition) is 3. The number of carbonyl (C=O) groups is 1. The average Bonchev–Trinajstić information content (AvgIpc) is 3.20. The number of amides is 1. The molecule has 1 amide bonds. The molecule has 0 saturated carbocycles. The molecular formula is C30H31N3O2. The van der Waals surface area contributed by atoms with Gasteiger partial charge in [0.2, 0.25) is 5.91 Å². The number of ether oxygens (including phenoxy) is 1. The summed E-state index contributed by atoms with van der Waals surface area (Å²) in [6.45, 7) is 5.24. The molecule has 0 saturated heterocycles. The van der Waals surface area contributed by atoms with Crippen molar-refractivity contribution in [2.45, 2.75) is 39.7 Å². The number of imidazole rings is 1. The molecule has 0 bridgehead atoms. The number of carbonyl (C=O) groups excluding carboxylic acids is 1. The van der Waals surface area contributed by atoms with Crippen LogP contribution in [-0.4, -0.2) is 34.4 Å². The quantitative estimate of drug-likeness (QED) is 0.360. The van der Waals surface area contributed by atoms with Gasteiger partial charge in [-0.15, -0.1) is 0 Å². The van der Waals surface area contributed by atoms with E-state index in [4.69, 9.17) is 4.74 Å². The maximum Gasteiger partial charge on any atom is 0.226 e. The number of hydrogen-bond donors (Lipinski definition) is 1. The first-order valence-corrected chi connectivity index (χ1v) is 12.1. The van der Waals surface area contributed by atoms with Gasteiger partial charge >= 0.3 is 0 Å². The Morgan fingerprint density at radius 1 is 1.06 bits per heavy atom. The lowest BCUT2D eigenvalue weighted by molar-refractivity contribution is -0.129. The van der Waals surface area contributed by atoms with Gasteiger partial charge in [0.1, 0.15) is 11.6 Å². The Balaban J connectivity index is 1.30. The molecule has 0 atom stereocenters. The van der Waals surface area contributed by atoms with Crippen LogP contribution in [0.25, 0.3) is 22.2 Å². The van der Waals surface area contributed by atoms with Crippen molar-refractivity contribution in [1.29, 1.82) is 0 Å². The number of fused-ring (bicyclic) bond motifs is 2. The van der Waals surface area contributed by atoms with Gasteiger partial charge in [0.25, 0.3) is 0 Å². The van der Waals surface area contributed by atoms with Crippen LogP contribution in [-0.2, 0) is 17.8 Å². The number of allylic oxidation sites excluding steroid dienone is 1. The van der Waals surface area contributed by atoms with Gasteiger partial charge in [-0.1, -0.05) is 53.6 Å². The molecule has 1 aliphatic rings. The zero-order valence-corrected chi connectivity index (χ0v) is 20.6. The number of nitrogens with one attached hydrogen (secondary N) is 1. The summed E-state index contributed by atoms with van der Waals surface area (Å²) in [5.41, 5.74) is 8.94. The Hall–Kier alpha value is -3.86. The van der Waals surface area contributed by atoms with Crippen LogP contribution in [0, 0.1) is 13.8 Å². The molecule has 4 aromatic rings. The van der Waals surface area contributed by atoms with Gasteiger partial charge in [0.05, 0.1) is 17.6 Å². The highest BCUT2D eigenvalue weighted by Gasteiger charge is 2.15.